The minimum Gasteiger partial charge on any atom is -0.511 e. The summed E-state index contributed by atoms with van der Waals surface area (Å²) in [7, 11) is 0. The maximum atomic E-state index is 13.0. The predicted molar refractivity (Wildman–Crippen MR) is 124 cm³/mol. The first-order valence-corrected chi connectivity index (χ1v) is 11.0. The van der Waals surface area contributed by atoms with Crippen molar-refractivity contribution in [3.05, 3.63) is 39.7 Å². The van der Waals surface area contributed by atoms with Crippen molar-refractivity contribution in [2.75, 3.05) is 18.5 Å². The molecule has 0 bridgehead atoms. The Bertz CT molecular complexity index is 903. The van der Waals surface area contributed by atoms with Gasteiger partial charge in [-0.15, -0.1) is 0 Å². The molecule has 0 spiro atoms. The molecular weight excluding hydrogens is 394 g/mol. The molecule has 0 heterocycles. The van der Waals surface area contributed by atoms with Gasteiger partial charge in [-0.1, -0.05) is 25.1 Å². The lowest BCUT2D eigenvalue weighted by Crippen LogP contribution is -2.30. The fourth-order valence-corrected chi connectivity index (χ4v) is 4.27. The summed E-state index contributed by atoms with van der Waals surface area (Å²) in [4.78, 5) is 30.4. The van der Waals surface area contributed by atoms with Gasteiger partial charge in [0.05, 0.1) is 11.3 Å². The zero-order valence-corrected chi connectivity index (χ0v) is 19.5. The molecule has 3 N–H and O–H groups in total. The van der Waals surface area contributed by atoms with Crippen molar-refractivity contribution in [3.8, 4) is 0 Å². The number of hydrogen-bond acceptors (Lipinski definition) is 5. The summed E-state index contributed by atoms with van der Waals surface area (Å²) < 4.78 is 0. The molecule has 0 radical (unpaired) electrons. The van der Waals surface area contributed by atoms with Crippen LogP contribution < -0.4 is 10.6 Å². The highest BCUT2D eigenvalue weighted by Gasteiger charge is 2.33. The number of oxime groups is 1. The van der Waals surface area contributed by atoms with E-state index < -0.39 is 0 Å². The summed E-state index contributed by atoms with van der Waals surface area (Å²) in [6.07, 6.45) is 1.98. The molecule has 31 heavy (non-hydrogen) atoms. The second kappa shape index (κ2) is 11.0. The predicted octanol–water partition coefficient (Wildman–Crippen LogP) is 5.20. The van der Waals surface area contributed by atoms with Crippen LogP contribution >= 0.6 is 0 Å². The van der Waals surface area contributed by atoms with Gasteiger partial charge in [0.2, 0.25) is 0 Å². The lowest BCUT2D eigenvalue weighted by Gasteiger charge is -2.28. The van der Waals surface area contributed by atoms with Crippen molar-refractivity contribution in [3.63, 3.8) is 0 Å². The highest BCUT2D eigenvalue weighted by molar-refractivity contribution is 6.23. The molecule has 1 unspecified atom stereocenters. The van der Waals surface area contributed by atoms with E-state index in [0.717, 1.165) is 34.4 Å². The molecular formula is C24H35N3O4. The monoisotopic (exact) mass is 429 g/mol. The van der Waals surface area contributed by atoms with E-state index in [4.69, 9.17) is 4.84 Å². The Morgan fingerprint density at radius 1 is 1.19 bits per heavy atom. The quantitative estimate of drug-likeness (QED) is 0.390. The summed E-state index contributed by atoms with van der Waals surface area (Å²) in [5.41, 5.74) is 5.45. The third-order valence-corrected chi connectivity index (χ3v) is 5.58. The number of nitrogens with one attached hydrogen (secondary N) is 2. The van der Waals surface area contributed by atoms with Crippen LogP contribution in [0, 0.1) is 20.8 Å². The molecule has 0 saturated carbocycles. The number of ketones is 1. The number of hydrogen-bond donors (Lipinski definition) is 3. The third-order valence-electron chi connectivity index (χ3n) is 5.58. The normalized spacial score (nSPS) is 17.0. The zero-order valence-electron chi connectivity index (χ0n) is 19.5. The Morgan fingerprint density at radius 2 is 1.90 bits per heavy atom. The molecule has 7 nitrogen and oxygen atoms in total. The van der Waals surface area contributed by atoms with Crippen LogP contribution in [-0.2, 0) is 9.63 Å². The zero-order chi connectivity index (χ0) is 23.1. The number of allylic oxidation sites excluding steroid dienone is 2. The Labute approximate surface area is 184 Å². The molecule has 2 amide bonds. The van der Waals surface area contributed by atoms with Gasteiger partial charge in [0, 0.05) is 25.1 Å². The molecule has 0 aromatic heterocycles. The van der Waals surface area contributed by atoms with Gasteiger partial charge in [0.1, 0.15) is 12.4 Å². The van der Waals surface area contributed by atoms with Crippen LogP contribution in [0.4, 0.5) is 10.5 Å². The smallest absolute Gasteiger partial charge is 0.319 e. The average molecular weight is 430 g/mol. The molecule has 0 saturated heterocycles. The van der Waals surface area contributed by atoms with Gasteiger partial charge in [-0.3, -0.25) is 4.79 Å². The number of Topliss-reactive ketones (excluding diaryl/α,β-unsaturated/α-hetero) is 1. The van der Waals surface area contributed by atoms with Gasteiger partial charge in [-0.05, 0) is 68.7 Å². The number of rotatable bonds is 8. The van der Waals surface area contributed by atoms with E-state index in [1.165, 1.54) is 0 Å². The van der Waals surface area contributed by atoms with Gasteiger partial charge in [-0.25, -0.2) is 4.79 Å². The van der Waals surface area contributed by atoms with Gasteiger partial charge in [0.15, 0.2) is 5.78 Å². The summed E-state index contributed by atoms with van der Waals surface area (Å²) in [6, 6.07) is 1.78. The summed E-state index contributed by atoms with van der Waals surface area (Å²) in [5, 5.41) is 20.6. The standard InChI is InChI=1S/C24H35N3O4/c1-7-10-25-24(30)26-23-15(5)11-14(4)21(16(23)6)17-12-19(28)22(20(29)13-17)18(8-2)27-31-9-3/h11,17,28H,7-10,12-13H2,1-6H3,(H2,25,26,30). The Kier molecular flexibility index (Phi) is 8.65. The molecule has 7 heteroatoms. The number of urea groups is 1. The Hall–Kier alpha value is -2.83. The fourth-order valence-electron chi connectivity index (χ4n) is 4.27. The Morgan fingerprint density at radius 3 is 2.48 bits per heavy atom. The summed E-state index contributed by atoms with van der Waals surface area (Å²) in [6.45, 7) is 12.6. The van der Waals surface area contributed by atoms with Crippen molar-refractivity contribution < 1.29 is 19.5 Å². The SMILES string of the molecule is CCCNC(=O)Nc1c(C)cc(C)c(C2CC(=O)C(C(CC)=NOCC)=C(O)C2)c1C. The highest BCUT2D eigenvalue weighted by Crippen LogP contribution is 2.40. The largest absolute Gasteiger partial charge is 0.511 e. The first-order valence-electron chi connectivity index (χ1n) is 11.0. The Balaban J connectivity index is 2.40. The number of anilines is 1. The molecule has 170 valence electrons. The number of benzene rings is 1. The van der Waals surface area contributed by atoms with Crippen molar-refractivity contribution in [2.45, 2.75) is 73.1 Å². The number of nitrogens with zero attached hydrogens (tertiary/aromatic N) is 1. The first-order chi connectivity index (χ1) is 14.7. The van der Waals surface area contributed by atoms with E-state index in [1.807, 2.05) is 47.6 Å². The summed E-state index contributed by atoms with van der Waals surface area (Å²) >= 11 is 0. The van der Waals surface area contributed by atoms with Crippen LogP contribution in [-0.4, -0.2) is 35.8 Å². The highest BCUT2D eigenvalue weighted by atomic mass is 16.6. The van der Waals surface area contributed by atoms with Crippen LogP contribution in [0.15, 0.2) is 22.6 Å². The second-order valence-corrected chi connectivity index (χ2v) is 7.96. The molecule has 0 fully saturated rings. The van der Waals surface area contributed by atoms with Gasteiger partial charge >= 0.3 is 6.03 Å². The van der Waals surface area contributed by atoms with Gasteiger partial charge in [-0.2, -0.15) is 0 Å². The van der Waals surface area contributed by atoms with Crippen molar-refractivity contribution in [1.29, 1.82) is 0 Å². The molecule has 1 aromatic rings. The van der Waals surface area contributed by atoms with E-state index in [1.54, 1.807) is 0 Å². The molecule has 1 aromatic carbocycles. The number of carbonyl (C=O) groups excluding carboxylic acids is 2. The molecule has 1 aliphatic rings. The lowest BCUT2D eigenvalue weighted by molar-refractivity contribution is -0.116. The molecule has 1 atom stereocenters. The van der Waals surface area contributed by atoms with Crippen LogP contribution in [0.1, 0.15) is 74.6 Å². The number of aliphatic hydroxyl groups is 1. The van der Waals surface area contributed by atoms with E-state index in [2.05, 4.69) is 15.8 Å². The number of aryl methyl sites for hydroxylation is 2. The number of amides is 2. The summed E-state index contributed by atoms with van der Waals surface area (Å²) in [5.74, 6) is -0.249. The van der Waals surface area contributed by atoms with Gasteiger partial charge < -0.3 is 20.6 Å². The van der Waals surface area contributed by atoms with E-state index in [0.29, 0.717) is 31.7 Å². The lowest BCUT2D eigenvalue weighted by atomic mass is 9.77. The van der Waals surface area contributed by atoms with Crippen LogP contribution in [0.2, 0.25) is 0 Å². The maximum Gasteiger partial charge on any atom is 0.319 e. The minimum atomic E-state index is -0.243. The maximum absolute atomic E-state index is 13.0. The van der Waals surface area contributed by atoms with E-state index in [-0.39, 0.29) is 35.5 Å². The number of carbonyl (C=O) groups is 2. The van der Waals surface area contributed by atoms with Crippen LogP contribution in [0.25, 0.3) is 0 Å². The van der Waals surface area contributed by atoms with Crippen LogP contribution in [0.5, 0.6) is 0 Å². The molecule has 1 aliphatic carbocycles. The van der Waals surface area contributed by atoms with Crippen molar-refractivity contribution >= 4 is 23.2 Å². The first kappa shape index (κ1) is 24.4. The molecule has 0 aliphatic heterocycles. The fraction of sp³-hybridized carbons (Fsp3) is 0.542. The van der Waals surface area contributed by atoms with Crippen LogP contribution in [0.3, 0.4) is 0 Å². The average Bonchev–Trinajstić information content (AvgIpc) is 2.71. The van der Waals surface area contributed by atoms with Crippen molar-refractivity contribution in [1.82, 2.24) is 5.32 Å². The minimum absolute atomic E-state index is 0.0520. The van der Waals surface area contributed by atoms with E-state index in [9.17, 15) is 14.7 Å². The molecule has 2 rings (SSSR count). The number of aliphatic hydroxyl groups excluding tert-OH is 1. The van der Waals surface area contributed by atoms with Crippen molar-refractivity contribution in [2.24, 2.45) is 5.16 Å². The van der Waals surface area contributed by atoms with Gasteiger partial charge in [0.25, 0.3) is 0 Å². The topological polar surface area (TPSA) is 100 Å². The van der Waals surface area contributed by atoms with E-state index >= 15 is 0 Å². The second-order valence-electron chi connectivity index (χ2n) is 7.96. The third kappa shape index (κ3) is 5.66.